The molecule has 0 amide bonds. The minimum atomic E-state index is 0.656. The summed E-state index contributed by atoms with van der Waals surface area (Å²) in [5.74, 6) is 0. The third-order valence-electron chi connectivity index (χ3n) is 10.2. The topological polar surface area (TPSA) is 28.7 Å². The highest BCUT2D eigenvalue weighted by Crippen LogP contribution is 2.43. The first-order valence-electron chi connectivity index (χ1n) is 16.7. The number of fused-ring (bicyclic) bond motifs is 9. The van der Waals surface area contributed by atoms with Gasteiger partial charge in [0.05, 0.1) is 22.7 Å². The van der Waals surface area contributed by atoms with Crippen molar-refractivity contribution in [1.29, 1.82) is 5.26 Å². The number of nitrogens with zero attached hydrogens (tertiary/aromatic N) is 2. The quantitative estimate of drug-likeness (QED) is 0.181. The van der Waals surface area contributed by atoms with E-state index in [0.29, 0.717) is 5.56 Å². The van der Waals surface area contributed by atoms with E-state index in [9.17, 15) is 5.26 Å². The zero-order valence-corrected chi connectivity index (χ0v) is 26.6. The molecule has 10 aromatic rings. The first kappa shape index (κ1) is 27.4. The van der Waals surface area contributed by atoms with Crippen LogP contribution in [0.2, 0.25) is 0 Å². The smallest absolute Gasteiger partial charge is 0.0992 e. The molecule has 0 unspecified atom stereocenters. The van der Waals surface area contributed by atoms with Crippen LogP contribution in [0.5, 0.6) is 0 Å². The van der Waals surface area contributed by atoms with E-state index in [1.807, 2.05) is 18.2 Å². The summed E-state index contributed by atoms with van der Waals surface area (Å²) in [6.07, 6.45) is 0. The van der Waals surface area contributed by atoms with Crippen molar-refractivity contribution >= 4 is 64.9 Å². The van der Waals surface area contributed by atoms with Crippen molar-refractivity contribution in [2.45, 2.75) is 0 Å². The molecule has 1 heterocycles. The molecule has 0 N–H and O–H groups in total. The maximum atomic E-state index is 9.73. The molecule has 1 aromatic heterocycles. The van der Waals surface area contributed by atoms with Crippen molar-refractivity contribution in [3.63, 3.8) is 0 Å². The van der Waals surface area contributed by atoms with Crippen LogP contribution in [-0.2, 0) is 0 Å². The van der Waals surface area contributed by atoms with Gasteiger partial charge in [-0.05, 0) is 102 Å². The third-order valence-corrected chi connectivity index (χ3v) is 10.2. The number of hydrogen-bond acceptors (Lipinski definition) is 1. The molecular weight excluding hydrogens is 593 g/mol. The largest absolute Gasteiger partial charge is 0.309 e. The van der Waals surface area contributed by atoms with Crippen LogP contribution < -0.4 is 0 Å². The number of aromatic nitrogens is 1. The van der Waals surface area contributed by atoms with Crippen molar-refractivity contribution < 1.29 is 0 Å². The standard InChI is InChI=1S/C47H28N2/c48-29-30-18-21-42-43-23-20-32(27-47(43)49(46(42)26-30)33-11-2-1-3-12-33)35-24-25-41(37-15-7-6-14-36(35)37)45-28-44-34-13-5-4-10-31(34)19-22-40(44)38-16-8-9-17-39(38)45/h1-28H. The lowest BCUT2D eigenvalue weighted by molar-refractivity contribution is 1.18. The van der Waals surface area contributed by atoms with Crippen LogP contribution in [0.1, 0.15) is 5.56 Å². The molecule has 0 aliphatic heterocycles. The van der Waals surface area contributed by atoms with Gasteiger partial charge in [-0.2, -0.15) is 5.26 Å². The molecule has 0 aliphatic carbocycles. The first-order chi connectivity index (χ1) is 24.3. The van der Waals surface area contributed by atoms with Gasteiger partial charge in [-0.15, -0.1) is 0 Å². The van der Waals surface area contributed by atoms with E-state index in [-0.39, 0.29) is 0 Å². The van der Waals surface area contributed by atoms with Gasteiger partial charge >= 0.3 is 0 Å². The van der Waals surface area contributed by atoms with E-state index in [4.69, 9.17) is 0 Å². The highest BCUT2D eigenvalue weighted by molar-refractivity contribution is 6.22. The Bertz CT molecular complexity index is 3000. The Labute approximate surface area is 283 Å². The molecular formula is C47H28N2. The van der Waals surface area contributed by atoms with Crippen molar-refractivity contribution in [3.8, 4) is 34.0 Å². The van der Waals surface area contributed by atoms with Gasteiger partial charge in [-0.3, -0.25) is 0 Å². The molecule has 2 heteroatoms. The second-order valence-electron chi connectivity index (χ2n) is 12.8. The van der Waals surface area contributed by atoms with E-state index < -0.39 is 0 Å². The van der Waals surface area contributed by atoms with E-state index in [1.54, 1.807) is 0 Å². The molecule has 0 spiro atoms. The van der Waals surface area contributed by atoms with Crippen LogP contribution in [0.3, 0.4) is 0 Å². The van der Waals surface area contributed by atoms with Crippen molar-refractivity contribution in [3.05, 3.63) is 175 Å². The molecule has 226 valence electrons. The molecule has 0 radical (unpaired) electrons. The summed E-state index contributed by atoms with van der Waals surface area (Å²) in [6.45, 7) is 0. The van der Waals surface area contributed by atoms with Crippen LogP contribution >= 0.6 is 0 Å². The van der Waals surface area contributed by atoms with E-state index >= 15 is 0 Å². The average molecular weight is 621 g/mol. The molecule has 2 nitrogen and oxygen atoms in total. The number of nitriles is 1. The lowest BCUT2D eigenvalue weighted by Crippen LogP contribution is -1.94. The first-order valence-corrected chi connectivity index (χ1v) is 16.7. The SMILES string of the molecule is N#Cc1ccc2c3ccc(-c4ccc(-c5cc6c7ccccc7ccc6c6ccccc56)c5ccccc45)cc3n(-c3ccccc3)c2c1. The Morgan fingerprint density at radius 1 is 0.367 bits per heavy atom. The summed E-state index contributed by atoms with van der Waals surface area (Å²) in [5, 5.41) is 22.1. The molecule has 0 aliphatic rings. The van der Waals surface area contributed by atoms with Gasteiger partial charge in [0.25, 0.3) is 0 Å². The zero-order chi connectivity index (χ0) is 32.5. The van der Waals surface area contributed by atoms with Gasteiger partial charge in [-0.1, -0.05) is 133 Å². The molecule has 0 saturated carbocycles. The Kier molecular flexibility index (Phi) is 5.97. The van der Waals surface area contributed by atoms with E-state index in [0.717, 1.165) is 27.7 Å². The van der Waals surface area contributed by atoms with Crippen LogP contribution in [0.4, 0.5) is 0 Å². The Morgan fingerprint density at radius 2 is 0.939 bits per heavy atom. The summed E-state index contributed by atoms with van der Waals surface area (Å²) < 4.78 is 2.29. The third kappa shape index (κ3) is 4.13. The molecule has 9 aromatic carbocycles. The lowest BCUT2D eigenvalue weighted by Gasteiger charge is -2.16. The van der Waals surface area contributed by atoms with Gasteiger partial charge < -0.3 is 4.57 Å². The van der Waals surface area contributed by atoms with Gasteiger partial charge in [0.15, 0.2) is 0 Å². The average Bonchev–Trinajstić information content (AvgIpc) is 3.50. The highest BCUT2D eigenvalue weighted by atomic mass is 15.0. The molecule has 0 saturated heterocycles. The fraction of sp³-hybridized carbons (Fsp3) is 0. The second-order valence-corrected chi connectivity index (χ2v) is 12.8. The van der Waals surface area contributed by atoms with E-state index in [2.05, 4.69) is 162 Å². The van der Waals surface area contributed by atoms with Crippen LogP contribution in [0.25, 0.3) is 92.8 Å². The Hall–Kier alpha value is -6.69. The maximum Gasteiger partial charge on any atom is 0.0992 e. The summed E-state index contributed by atoms with van der Waals surface area (Å²) in [7, 11) is 0. The van der Waals surface area contributed by atoms with Gasteiger partial charge in [-0.25, -0.2) is 0 Å². The normalized spacial score (nSPS) is 11.7. The second kappa shape index (κ2) is 10.7. The predicted octanol–water partition coefficient (Wildman–Crippen LogP) is 12.6. The van der Waals surface area contributed by atoms with Crippen molar-refractivity contribution in [2.24, 2.45) is 0 Å². The fourth-order valence-electron chi connectivity index (χ4n) is 7.98. The number of hydrogen-bond donors (Lipinski definition) is 0. The molecule has 0 fully saturated rings. The lowest BCUT2D eigenvalue weighted by atomic mass is 9.87. The Balaban J connectivity index is 1.23. The van der Waals surface area contributed by atoms with Crippen molar-refractivity contribution in [2.75, 3.05) is 0 Å². The van der Waals surface area contributed by atoms with Gasteiger partial charge in [0.2, 0.25) is 0 Å². The van der Waals surface area contributed by atoms with Crippen LogP contribution in [-0.4, -0.2) is 4.57 Å². The maximum absolute atomic E-state index is 9.73. The van der Waals surface area contributed by atoms with Crippen LogP contribution in [0, 0.1) is 11.3 Å². The number of para-hydroxylation sites is 1. The molecule has 49 heavy (non-hydrogen) atoms. The number of rotatable bonds is 3. The van der Waals surface area contributed by atoms with Crippen LogP contribution in [0.15, 0.2) is 170 Å². The molecule has 10 rings (SSSR count). The monoisotopic (exact) mass is 620 g/mol. The Morgan fingerprint density at radius 3 is 1.71 bits per heavy atom. The summed E-state index contributed by atoms with van der Waals surface area (Å²) in [6, 6.07) is 63.4. The molecule has 0 atom stereocenters. The summed E-state index contributed by atoms with van der Waals surface area (Å²) >= 11 is 0. The van der Waals surface area contributed by atoms with Gasteiger partial charge in [0.1, 0.15) is 0 Å². The fourth-order valence-corrected chi connectivity index (χ4v) is 7.98. The highest BCUT2D eigenvalue weighted by Gasteiger charge is 2.17. The number of benzene rings is 9. The molecule has 0 bridgehead atoms. The summed E-state index contributed by atoms with van der Waals surface area (Å²) in [4.78, 5) is 0. The van der Waals surface area contributed by atoms with E-state index in [1.165, 1.54) is 65.2 Å². The minimum Gasteiger partial charge on any atom is -0.309 e. The zero-order valence-electron chi connectivity index (χ0n) is 26.6. The minimum absolute atomic E-state index is 0.656. The van der Waals surface area contributed by atoms with Gasteiger partial charge in [0, 0.05) is 16.5 Å². The predicted molar refractivity (Wildman–Crippen MR) is 206 cm³/mol. The summed E-state index contributed by atoms with van der Waals surface area (Å²) in [5.41, 5.74) is 8.71. The van der Waals surface area contributed by atoms with Crippen molar-refractivity contribution in [1.82, 2.24) is 4.57 Å².